The van der Waals surface area contributed by atoms with Crippen LogP contribution in [-0.2, 0) is 18.5 Å². The Bertz CT molecular complexity index is 1020. The van der Waals surface area contributed by atoms with E-state index in [1.807, 2.05) is 25.1 Å². The molecule has 0 aliphatic rings. The Balaban J connectivity index is -0.000000979. The smallest absolute Gasteiger partial charge is 0.521 e. The number of rotatable bonds is 11. The average molecular weight is 537 g/mol. The van der Waals surface area contributed by atoms with Gasteiger partial charge in [0.05, 0.1) is 12.1 Å². The minimum atomic E-state index is -3.04. The van der Waals surface area contributed by atoms with Gasteiger partial charge in [-0.15, -0.1) is 0 Å². The van der Waals surface area contributed by atoms with Crippen molar-refractivity contribution in [3.8, 4) is 0 Å². The molecule has 12 nitrogen and oxygen atoms in total. The van der Waals surface area contributed by atoms with Crippen LogP contribution in [0.5, 0.6) is 0 Å². The fourth-order valence-corrected chi connectivity index (χ4v) is 2.68. The summed E-state index contributed by atoms with van der Waals surface area (Å²) in [6.07, 6.45) is 3.00. The Labute approximate surface area is 208 Å². The van der Waals surface area contributed by atoms with Gasteiger partial charge in [0.25, 0.3) is 0 Å². The number of fused-ring (bicyclic) bond motifs is 1. The van der Waals surface area contributed by atoms with Crippen LogP contribution in [0.25, 0.3) is 10.9 Å². The molecule has 190 valence electrons. The van der Waals surface area contributed by atoms with Gasteiger partial charge in [-0.25, -0.2) is 10.5 Å². The summed E-state index contributed by atoms with van der Waals surface area (Å²) >= 11 is 6.02. The van der Waals surface area contributed by atoms with E-state index >= 15 is 0 Å². The number of likely N-dealkylation sites (N-methyl/N-ethyl adjacent to an activating group) is 1. The first kappa shape index (κ1) is 23.3. The fourth-order valence-electron chi connectivity index (χ4n) is 2.52. The molecule has 0 bridgehead atoms. The van der Waals surface area contributed by atoms with E-state index in [1.54, 1.807) is 12.3 Å². The second-order valence-electron chi connectivity index (χ2n) is 6.14. The van der Waals surface area contributed by atoms with Gasteiger partial charge >= 0.3 is 16.5 Å². The topological polar surface area (TPSA) is 188 Å². The quantitative estimate of drug-likeness (QED) is 0.187. The molecule has 1 heterocycles. The Morgan fingerprint density at radius 3 is 2.48 bits per heavy atom. The summed E-state index contributed by atoms with van der Waals surface area (Å²) in [7, 11) is -6.09. The number of hydrogen-bond donors (Lipinski definition) is 4. The number of anilines is 1. The fraction of sp³-hybridized carbons (Fsp3) is 0.500. The van der Waals surface area contributed by atoms with E-state index in [9.17, 15) is 0 Å². The molecule has 0 amide bonds. The SMILES string of the molecule is O=[P+]([O-])OO.O=[P+]([O-])OO.[2H]C([2H])([2H])C([2H])([2H])N(CCO)CCC[C@@H](C)Nc1ccnc2cc(Cl)ccc12.[HH].[HH]. The molecule has 33 heavy (non-hydrogen) atoms. The van der Waals surface area contributed by atoms with Crippen LogP contribution in [0.2, 0.25) is 5.02 Å². The van der Waals surface area contributed by atoms with Crippen LogP contribution in [0, 0.1) is 0 Å². The molecule has 0 aliphatic carbocycles. The van der Waals surface area contributed by atoms with Crippen molar-refractivity contribution in [2.45, 2.75) is 32.7 Å². The molecule has 2 aromatic rings. The van der Waals surface area contributed by atoms with Gasteiger partial charge in [-0.05, 0) is 66.2 Å². The molecule has 4 N–H and O–H groups in total. The third kappa shape index (κ3) is 15.2. The molecule has 0 radical (unpaired) electrons. The number of nitrogens with zero attached hydrogens (tertiary/aromatic N) is 2. The third-order valence-electron chi connectivity index (χ3n) is 3.83. The van der Waals surface area contributed by atoms with Gasteiger partial charge in [-0.1, -0.05) is 18.5 Å². The van der Waals surface area contributed by atoms with Crippen LogP contribution in [0.15, 0.2) is 30.5 Å². The zero-order valence-electron chi connectivity index (χ0n) is 22.5. The highest BCUT2D eigenvalue weighted by molar-refractivity contribution is 7.30. The molecule has 2 rings (SSSR count). The van der Waals surface area contributed by atoms with Crippen molar-refractivity contribution in [2.75, 3.05) is 31.5 Å². The molecule has 0 fully saturated rings. The van der Waals surface area contributed by atoms with E-state index in [2.05, 4.69) is 19.6 Å². The lowest BCUT2D eigenvalue weighted by Gasteiger charge is -2.21. The summed E-state index contributed by atoms with van der Waals surface area (Å²) in [5, 5.41) is 28.3. The minimum absolute atomic E-state index is 0. The molecule has 2 unspecified atom stereocenters. The van der Waals surface area contributed by atoms with E-state index in [1.165, 1.54) is 4.90 Å². The second-order valence-corrected chi connectivity index (χ2v) is 7.80. The molecule has 3 atom stereocenters. The zero-order valence-corrected chi connectivity index (χ0v) is 20.0. The molecular formula is C18H32ClN3O9P2. The molecule has 1 aromatic carbocycles. The largest absolute Gasteiger partial charge is 0.565 e. The van der Waals surface area contributed by atoms with Gasteiger partial charge < -0.3 is 25.1 Å². The van der Waals surface area contributed by atoms with Gasteiger partial charge in [0, 0.05) is 53.9 Å². The lowest BCUT2D eigenvalue weighted by atomic mass is 10.1. The number of benzene rings is 1. The van der Waals surface area contributed by atoms with Crippen LogP contribution in [0.3, 0.4) is 0 Å². The van der Waals surface area contributed by atoms with Crippen LogP contribution >= 0.6 is 28.1 Å². The van der Waals surface area contributed by atoms with Gasteiger partial charge in [-0.3, -0.25) is 4.98 Å². The van der Waals surface area contributed by atoms with Gasteiger partial charge in [0.2, 0.25) is 0 Å². The van der Waals surface area contributed by atoms with E-state index in [4.69, 9.17) is 53.0 Å². The van der Waals surface area contributed by atoms with Gasteiger partial charge in [-0.2, -0.15) is 0 Å². The first-order valence-electron chi connectivity index (χ1n) is 11.7. The van der Waals surface area contributed by atoms with E-state index in [-0.39, 0.29) is 28.6 Å². The van der Waals surface area contributed by atoms with Crippen LogP contribution in [0.4, 0.5) is 5.69 Å². The maximum Gasteiger partial charge on any atom is 0.521 e. The van der Waals surface area contributed by atoms with Crippen molar-refractivity contribution < 1.29 is 53.6 Å². The van der Waals surface area contributed by atoms with Gasteiger partial charge in [0.15, 0.2) is 0 Å². The molecule has 15 heteroatoms. The highest BCUT2D eigenvalue weighted by Gasteiger charge is 2.08. The molecular weight excluding hydrogens is 500 g/mol. The lowest BCUT2D eigenvalue weighted by Crippen LogP contribution is -2.28. The summed E-state index contributed by atoms with van der Waals surface area (Å²) in [4.78, 5) is 23.4. The Kier molecular flexibility index (Phi) is 13.4. The standard InChI is InChI=1S/C18H26ClN3O.2HO4P.2H2/c1-3-22(11-12-23)10-4-5-14(2)21-17-8-9-20-18-13-15(19)6-7-16(17)18;2*1-4-5(2)3;;/h6-9,13-14,23H,3-5,10-12H2,1-2H3,(H,20,21);2*1H;2*1H/t14-;;;;/m1..../s1/i1D3,3D2;;;;. The number of aliphatic hydroxyl groups is 1. The number of hydrogen-bond acceptors (Lipinski definition) is 12. The highest BCUT2D eigenvalue weighted by Crippen LogP contribution is 2.25. The van der Waals surface area contributed by atoms with Crippen LogP contribution < -0.4 is 15.1 Å². The van der Waals surface area contributed by atoms with E-state index in [0.29, 0.717) is 17.9 Å². The van der Waals surface area contributed by atoms with Crippen molar-refractivity contribution >= 4 is 44.7 Å². The number of aliphatic hydroxyl groups excluding tert-OH is 1. The van der Waals surface area contributed by atoms with E-state index in [0.717, 1.165) is 16.6 Å². The molecule has 0 aliphatic heterocycles. The third-order valence-corrected chi connectivity index (χ3v) is 4.33. The van der Waals surface area contributed by atoms with Crippen molar-refractivity contribution in [3.05, 3.63) is 35.5 Å². The number of halogens is 1. The van der Waals surface area contributed by atoms with Crippen molar-refractivity contribution in [1.29, 1.82) is 0 Å². The van der Waals surface area contributed by atoms with Crippen LogP contribution in [-0.4, -0.2) is 57.7 Å². The lowest BCUT2D eigenvalue weighted by molar-refractivity contribution is -0.245. The maximum absolute atomic E-state index is 9.17. The normalized spacial score (nSPS) is 15.3. The van der Waals surface area contributed by atoms with Gasteiger partial charge in [0.1, 0.15) is 0 Å². The summed E-state index contributed by atoms with van der Waals surface area (Å²) < 4.78 is 61.3. The summed E-state index contributed by atoms with van der Waals surface area (Å²) in [6.45, 7) is -3.32. The maximum atomic E-state index is 9.17. The Hall–Kier alpha value is -1.40. The predicted octanol–water partition coefficient (Wildman–Crippen LogP) is 3.26. The Morgan fingerprint density at radius 1 is 1.30 bits per heavy atom. The first-order chi connectivity index (χ1) is 17.6. The van der Waals surface area contributed by atoms with Crippen molar-refractivity contribution in [3.63, 3.8) is 0 Å². The number of aromatic nitrogens is 1. The Morgan fingerprint density at radius 2 is 1.94 bits per heavy atom. The van der Waals surface area contributed by atoms with Crippen molar-refractivity contribution in [2.24, 2.45) is 0 Å². The molecule has 0 saturated heterocycles. The summed E-state index contributed by atoms with van der Waals surface area (Å²) in [6, 6.07) is 7.49. The zero-order chi connectivity index (χ0) is 29.5. The van der Waals surface area contributed by atoms with Crippen molar-refractivity contribution in [1.82, 2.24) is 9.88 Å². The summed E-state index contributed by atoms with van der Waals surface area (Å²) in [5.41, 5.74) is 1.73. The number of pyridine rings is 1. The monoisotopic (exact) mass is 536 g/mol. The molecule has 1 aromatic heterocycles. The second kappa shape index (κ2) is 19.0. The first-order valence-corrected chi connectivity index (χ1v) is 11.8. The number of nitrogens with one attached hydrogen (secondary N) is 1. The average Bonchev–Trinajstić information content (AvgIpc) is 2.83. The predicted molar refractivity (Wildman–Crippen MR) is 125 cm³/mol. The highest BCUT2D eigenvalue weighted by atomic mass is 35.5. The molecule has 0 saturated carbocycles. The minimum Gasteiger partial charge on any atom is -0.565 e. The van der Waals surface area contributed by atoms with E-state index < -0.39 is 29.9 Å². The summed E-state index contributed by atoms with van der Waals surface area (Å²) in [5.74, 6) is 0. The molecule has 0 spiro atoms. The van der Waals surface area contributed by atoms with Crippen LogP contribution in [0.1, 0.15) is 36.3 Å².